The normalized spacial score (nSPS) is 17.0. The van der Waals surface area contributed by atoms with Gasteiger partial charge >= 0.3 is 0 Å². The maximum atomic E-state index is 13.3. The Bertz CT molecular complexity index is 1220. The van der Waals surface area contributed by atoms with Crippen LogP contribution in [0.5, 0.6) is 0 Å². The summed E-state index contributed by atoms with van der Waals surface area (Å²) in [5, 5.41) is 10.3. The molecular weight excluding hydrogens is 372 g/mol. The number of aryl methyl sites for hydroxylation is 1. The minimum Gasteiger partial charge on any atom is -0.377 e. The molecule has 2 aromatic heterocycles. The minimum atomic E-state index is -0.0829. The maximum absolute atomic E-state index is 13.3. The zero-order valence-corrected chi connectivity index (χ0v) is 16.4. The summed E-state index contributed by atoms with van der Waals surface area (Å²) in [4.78, 5) is 13.3. The smallest absolute Gasteiger partial charge is 0.267 e. The summed E-state index contributed by atoms with van der Waals surface area (Å²) in [5.74, 6) is 1.37. The van der Waals surface area contributed by atoms with E-state index in [1.165, 1.54) is 0 Å². The quantitative estimate of drug-likeness (QED) is 0.497. The third kappa shape index (κ3) is 2.82. The number of hydrogen-bond acceptors (Lipinski definition) is 5. The van der Waals surface area contributed by atoms with Crippen molar-refractivity contribution in [1.82, 2.24) is 19.2 Å². The van der Waals surface area contributed by atoms with E-state index in [2.05, 4.69) is 10.2 Å². The van der Waals surface area contributed by atoms with Gasteiger partial charge in [0.05, 0.1) is 22.7 Å². The van der Waals surface area contributed by atoms with Crippen LogP contribution in [0.3, 0.4) is 0 Å². The fourth-order valence-electron chi connectivity index (χ4n) is 3.75. The molecule has 0 saturated carbocycles. The van der Waals surface area contributed by atoms with Gasteiger partial charge in [0.2, 0.25) is 5.78 Å². The molecule has 0 spiro atoms. The Morgan fingerprint density at radius 1 is 1.14 bits per heavy atom. The minimum absolute atomic E-state index is 0.0829. The van der Waals surface area contributed by atoms with Crippen molar-refractivity contribution in [2.24, 2.45) is 0 Å². The second-order valence-electron chi connectivity index (χ2n) is 7.01. The average Bonchev–Trinajstić information content (AvgIpc) is 3.38. The molecule has 142 valence electrons. The number of para-hydroxylation sites is 2. The zero-order valence-electron chi connectivity index (χ0n) is 15.5. The lowest BCUT2D eigenvalue weighted by Gasteiger charge is -2.13. The zero-order chi connectivity index (χ0) is 19.1. The molecule has 1 aliphatic rings. The van der Waals surface area contributed by atoms with E-state index in [-0.39, 0.29) is 11.7 Å². The van der Waals surface area contributed by atoms with Crippen molar-refractivity contribution in [3.8, 4) is 5.69 Å². The molecule has 0 aliphatic carbocycles. The predicted molar refractivity (Wildman–Crippen MR) is 111 cm³/mol. The molecule has 1 atom stereocenters. The van der Waals surface area contributed by atoms with Crippen LogP contribution in [0.4, 0.5) is 0 Å². The Kier molecular flexibility index (Phi) is 4.41. The molecule has 1 saturated heterocycles. The highest BCUT2D eigenvalue weighted by atomic mass is 32.2. The van der Waals surface area contributed by atoms with Crippen LogP contribution in [0.15, 0.2) is 58.5 Å². The van der Waals surface area contributed by atoms with Gasteiger partial charge in [-0.3, -0.25) is 9.20 Å². The lowest BCUT2D eigenvalue weighted by atomic mass is 10.2. The summed E-state index contributed by atoms with van der Waals surface area (Å²) >= 11 is 1.63. The number of nitrogens with zero attached hydrogens (tertiary/aromatic N) is 4. The van der Waals surface area contributed by atoms with E-state index >= 15 is 0 Å². The first-order chi connectivity index (χ1) is 13.7. The third-order valence-electron chi connectivity index (χ3n) is 5.17. The molecule has 0 radical (unpaired) electrons. The summed E-state index contributed by atoms with van der Waals surface area (Å²) in [6.07, 6.45) is 2.45. The van der Waals surface area contributed by atoms with Gasteiger partial charge in [-0.05, 0) is 43.5 Å². The van der Waals surface area contributed by atoms with E-state index in [1.807, 2.05) is 59.9 Å². The first-order valence-corrected chi connectivity index (χ1v) is 10.4. The second-order valence-corrected chi connectivity index (χ2v) is 8.00. The van der Waals surface area contributed by atoms with Crippen molar-refractivity contribution in [2.45, 2.75) is 31.0 Å². The van der Waals surface area contributed by atoms with Crippen LogP contribution in [-0.4, -0.2) is 37.6 Å². The molecule has 6 nitrogen and oxygen atoms in total. The molecule has 1 aliphatic heterocycles. The van der Waals surface area contributed by atoms with Gasteiger partial charge < -0.3 is 4.74 Å². The lowest BCUT2D eigenvalue weighted by molar-refractivity contribution is 0.129. The second kappa shape index (κ2) is 7.07. The highest BCUT2D eigenvalue weighted by Crippen LogP contribution is 2.26. The van der Waals surface area contributed by atoms with Crippen LogP contribution in [0.2, 0.25) is 0 Å². The SMILES string of the molecule is Cc1ccccc1-n1c(=O)c2ccccc2n2c(SCC3CCCO3)nnc12. The van der Waals surface area contributed by atoms with Crippen molar-refractivity contribution in [3.05, 3.63) is 64.4 Å². The first kappa shape index (κ1) is 17.5. The van der Waals surface area contributed by atoms with E-state index in [0.717, 1.165) is 47.1 Å². The van der Waals surface area contributed by atoms with Crippen molar-refractivity contribution in [2.75, 3.05) is 12.4 Å². The number of benzene rings is 2. The summed E-state index contributed by atoms with van der Waals surface area (Å²) in [6.45, 7) is 2.83. The van der Waals surface area contributed by atoms with Crippen LogP contribution < -0.4 is 5.56 Å². The number of hydrogen-bond donors (Lipinski definition) is 0. The number of thioether (sulfide) groups is 1. The van der Waals surface area contributed by atoms with Crippen molar-refractivity contribution >= 4 is 28.4 Å². The fourth-order valence-corrected chi connectivity index (χ4v) is 4.75. The highest BCUT2D eigenvalue weighted by Gasteiger charge is 2.21. The molecule has 0 amide bonds. The summed E-state index contributed by atoms with van der Waals surface area (Å²) < 4.78 is 9.40. The van der Waals surface area contributed by atoms with E-state index in [4.69, 9.17) is 4.74 Å². The molecule has 2 aromatic carbocycles. The van der Waals surface area contributed by atoms with Crippen LogP contribution in [0.25, 0.3) is 22.4 Å². The average molecular weight is 392 g/mol. The summed E-state index contributed by atoms with van der Waals surface area (Å²) in [5.41, 5.74) is 2.58. The molecule has 1 fully saturated rings. The van der Waals surface area contributed by atoms with Crippen LogP contribution in [0, 0.1) is 6.92 Å². The Labute approximate surface area is 166 Å². The Hall–Kier alpha value is -2.64. The Morgan fingerprint density at radius 3 is 2.79 bits per heavy atom. The van der Waals surface area contributed by atoms with Crippen LogP contribution in [-0.2, 0) is 4.74 Å². The van der Waals surface area contributed by atoms with Gasteiger partial charge in [0.1, 0.15) is 0 Å². The van der Waals surface area contributed by atoms with Gasteiger partial charge in [0.25, 0.3) is 5.56 Å². The van der Waals surface area contributed by atoms with Gasteiger partial charge in [-0.25, -0.2) is 4.57 Å². The predicted octanol–water partition coefficient (Wildman–Crippen LogP) is 3.61. The molecule has 28 heavy (non-hydrogen) atoms. The van der Waals surface area contributed by atoms with Gasteiger partial charge in [-0.2, -0.15) is 0 Å². The van der Waals surface area contributed by atoms with Crippen molar-refractivity contribution in [3.63, 3.8) is 0 Å². The molecule has 3 heterocycles. The van der Waals surface area contributed by atoms with Gasteiger partial charge in [0.15, 0.2) is 5.16 Å². The maximum Gasteiger partial charge on any atom is 0.267 e. The molecule has 7 heteroatoms. The summed E-state index contributed by atoms with van der Waals surface area (Å²) in [6, 6.07) is 15.5. The highest BCUT2D eigenvalue weighted by molar-refractivity contribution is 7.99. The van der Waals surface area contributed by atoms with Crippen LogP contribution >= 0.6 is 11.8 Å². The van der Waals surface area contributed by atoms with Crippen molar-refractivity contribution in [1.29, 1.82) is 0 Å². The summed E-state index contributed by atoms with van der Waals surface area (Å²) in [7, 11) is 0. The largest absolute Gasteiger partial charge is 0.377 e. The molecular formula is C21H20N4O2S. The molecule has 0 bridgehead atoms. The van der Waals surface area contributed by atoms with Crippen LogP contribution in [0.1, 0.15) is 18.4 Å². The molecule has 4 aromatic rings. The van der Waals surface area contributed by atoms with E-state index in [0.29, 0.717) is 11.2 Å². The first-order valence-electron chi connectivity index (χ1n) is 9.43. The third-order valence-corrected chi connectivity index (χ3v) is 6.23. The van der Waals surface area contributed by atoms with Gasteiger partial charge in [0, 0.05) is 12.4 Å². The monoisotopic (exact) mass is 392 g/mol. The molecule has 1 unspecified atom stereocenters. The van der Waals surface area contributed by atoms with Gasteiger partial charge in [-0.1, -0.05) is 42.1 Å². The van der Waals surface area contributed by atoms with Crippen molar-refractivity contribution < 1.29 is 4.74 Å². The fraction of sp³-hybridized carbons (Fsp3) is 0.286. The molecule has 0 N–H and O–H groups in total. The number of ether oxygens (including phenoxy) is 1. The number of fused-ring (bicyclic) bond motifs is 3. The Morgan fingerprint density at radius 2 is 1.96 bits per heavy atom. The van der Waals surface area contributed by atoms with E-state index < -0.39 is 0 Å². The standard InChI is InChI=1S/C21H20N4O2S/c1-14-7-2-4-10-17(14)24-19(26)16-9-3-5-11-18(16)25-20(24)22-23-21(25)28-13-15-8-6-12-27-15/h2-5,7,9-11,15H,6,8,12-13H2,1H3. The van der Waals surface area contributed by atoms with E-state index in [9.17, 15) is 4.79 Å². The van der Waals surface area contributed by atoms with Gasteiger partial charge in [-0.15, -0.1) is 10.2 Å². The number of rotatable bonds is 4. The van der Waals surface area contributed by atoms with E-state index in [1.54, 1.807) is 16.3 Å². The Balaban J connectivity index is 1.75. The topological polar surface area (TPSA) is 61.4 Å². The molecule has 5 rings (SSSR count). The lowest BCUT2D eigenvalue weighted by Crippen LogP contribution is -2.22. The number of aromatic nitrogens is 4.